The summed E-state index contributed by atoms with van der Waals surface area (Å²) in [6.45, 7) is 2.02. The zero-order chi connectivity index (χ0) is 13.1. The molecule has 0 heterocycles. The predicted molar refractivity (Wildman–Crippen MR) is 73.0 cm³/mol. The van der Waals surface area contributed by atoms with Gasteiger partial charge >= 0.3 is 5.97 Å². The molecule has 2 nitrogen and oxygen atoms in total. The Labute approximate surface area is 111 Å². The Kier molecular flexibility index (Phi) is 3.68. The second-order valence-corrected chi connectivity index (χ2v) is 4.61. The van der Waals surface area contributed by atoms with Gasteiger partial charge in [0.25, 0.3) is 0 Å². The van der Waals surface area contributed by atoms with Crippen LogP contribution in [0.15, 0.2) is 42.5 Å². The minimum atomic E-state index is -0.852. The molecule has 0 unspecified atom stereocenters. The van der Waals surface area contributed by atoms with E-state index < -0.39 is 5.97 Å². The van der Waals surface area contributed by atoms with Crippen molar-refractivity contribution >= 4 is 17.6 Å². The molecule has 0 aliphatic heterocycles. The van der Waals surface area contributed by atoms with Crippen LogP contribution in [0.1, 0.15) is 11.1 Å². The summed E-state index contributed by atoms with van der Waals surface area (Å²) in [5.41, 5.74) is 3.86. The van der Waals surface area contributed by atoms with Crippen LogP contribution in [0.2, 0.25) is 5.02 Å². The van der Waals surface area contributed by atoms with E-state index in [9.17, 15) is 4.79 Å². The fraction of sp³-hybridized carbons (Fsp3) is 0.133. The number of aliphatic carboxylic acids is 1. The van der Waals surface area contributed by atoms with E-state index in [1.165, 1.54) is 0 Å². The SMILES string of the molecule is Cc1ccccc1-c1ccc(CC(=O)O)cc1Cl. The van der Waals surface area contributed by atoms with E-state index in [1.54, 1.807) is 6.07 Å². The summed E-state index contributed by atoms with van der Waals surface area (Å²) in [6.07, 6.45) is -0.00618. The van der Waals surface area contributed by atoms with Crippen molar-refractivity contribution < 1.29 is 9.90 Å². The highest BCUT2D eigenvalue weighted by Gasteiger charge is 2.08. The van der Waals surface area contributed by atoms with E-state index in [4.69, 9.17) is 16.7 Å². The van der Waals surface area contributed by atoms with Gasteiger partial charge in [-0.3, -0.25) is 4.79 Å². The summed E-state index contributed by atoms with van der Waals surface area (Å²) in [5, 5.41) is 9.33. The number of carbonyl (C=O) groups is 1. The zero-order valence-corrected chi connectivity index (χ0v) is 10.7. The molecule has 0 saturated carbocycles. The Morgan fingerprint density at radius 1 is 1.17 bits per heavy atom. The number of carboxylic acids is 1. The summed E-state index contributed by atoms with van der Waals surface area (Å²) in [7, 11) is 0. The van der Waals surface area contributed by atoms with Crippen LogP contribution in [-0.2, 0) is 11.2 Å². The van der Waals surface area contributed by atoms with Gasteiger partial charge in [0.2, 0.25) is 0 Å². The van der Waals surface area contributed by atoms with E-state index in [-0.39, 0.29) is 6.42 Å². The molecule has 2 aromatic carbocycles. The van der Waals surface area contributed by atoms with Crippen LogP contribution in [0.4, 0.5) is 0 Å². The Morgan fingerprint density at radius 3 is 2.50 bits per heavy atom. The number of rotatable bonds is 3. The van der Waals surface area contributed by atoms with Gasteiger partial charge in [0.15, 0.2) is 0 Å². The van der Waals surface area contributed by atoms with Crippen LogP contribution in [0, 0.1) is 6.92 Å². The lowest BCUT2D eigenvalue weighted by atomic mass is 9.99. The summed E-state index contributed by atoms with van der Waals surface area (Å²) in [5.74, 6) is -0.852. The van der Waals surface area contributed by atoms with Crippen molar-refractivity contribution in [1.82, 2.24) is 0 Å². The van der Waals surface area contributed by atoms with Crippen LogP contribution < -0.4 is 0 Å². The van der Waals surface area contributed by atoms with Gasteiger partial charge in [0.1, 0.15) is 0 Å². The van der Waals surface area contributed by atoms with Crippen molar-refractivity contribution in [3.05, 3.63) is 58.6 Å². The van der Waals surface area contributed by atoms with Crippen molar-refractivity contribution in [3.63, 3.8) is 0 Å². The van der Waals surface area contributed by atoms with Crippen LogP contribution in [-0.4, -0.2) is 11.1 Å². The molecule has 1 N–H and O–H groups in total. The number of hydrogen-bond acceptors (Lipinski definition) is 1. The second kappa shape index (κ2) is 5.23. The van der Waals surface area contributed by atoms with Crippen molar-refractivity contribution in [1.29, 1.82) is 0 Å². The van der Waals surface area contributed by atoms with E-state index in [1.807, 2.05) is 43.3 Å². The summed E-state index contributed by atoms with van der Waals surface area (Å²) >= 11 is 6.23. The normalized spacial score (nSPS) is 10.3. The molecule has 0 amide bonds. The molecule has 0 spiro atoms. The average Bonchev–Trinajstić information content (AvgIpc) is 2.30. The maximum absolute atomic E-state index is 10.6. The Hall–Kier alpha value is -1.80. The van der Waals surface area contributed by atoms with Gasteiger partial charge in [-0.25, -0.2) is 0 Å². The molecule has 0 aromatic heterocycles. The van der Waals surface area contributed by atoms with E-state index in [2.05, 4.69) is 0 Å². The van der Waals surface area contributed by atoms with Crippen molar-refractivity contribution in [2.45, 2.75) is 13.3 Å². The third-order valence-corrected chi connectivity index (χ3v) is 3.14. The third kappa shape index (κ3) is 2.71. The van der Waals surface area contributed by atoms with Gasteiger partial charge in [0, 0.05) is 10.6 Å². The maximum atomic E-state index is 10.6. The molecule has 92 valence electrons. The topological polar surface area (TPSA) is 37.3 Å². The fourth-order valence-electron chi connectivity index (χ4n) is 1.94. The van der Waals surface area contributed by atoms with Crippen molar-refractivity contribution in [3.8, 4) is 11.1 Å². The van der Waals surface area contributed by atoms with Crippen LogP contribution in [0.25, 0.3) is 11.1 Å². The molecule has 0 bridgehead atoms. The molecule has 0 aliphatic carbocycles. The van der Waals surface area contributed by atoms with Crippen LogP contribution in [0.5, 0.6) is 0 Å². The summed E-state index contributed by atoms with van der Waals surface area (Å²) in [6, 6.07) is 13.4. The van der Waals surface area contributed by atoms with Gasteiger partial charge in [0.05, 0.1) is 6.42 Å². The lowest BCUT2D eigenvalue weighted by Crippen LogP contribution is -1.99. The number of benzene rings is 2. The summed E-state index contributed by atoms with van der Waals surface area (Å²) in [4.78, 5) is 10.6. The lowest BCUT2D eigenvalue weighted by molar-refractivity contribution is -0.136. The molecule has 0 aliphatic rings. The quantitative estimate of drug-likeness (QED) is 0.908. The summed E-state index contributed by atoms with van der Waals surface area (Å²) < 4.78 is 0. The van der Waals surface area contributed by atoms with Crippen molar-refractivity contribution in [2.24, 2.45) is 0 Å². The van der Waals surface area contributed by atoms with Gasteiger partial charge in [-0.05, 0) is 29.7 Å². The molecule has 0 saturated heterocycles. The molecule has 0 atom stereocenters. The minimum absolute atomic E-state index is 0.00618. The first-order valence-electron chi connectivity index (χ1n) is 5.64. The third-order valence-electron chi connectivity index (χ3n) is 2.82. The Balaban J connectivity index is 2.42. The molecule has 18 heavy (non-hydrogen) atoms. The van der Waals surface area contributed by atoms with E-state index >= 15 is 0 Å². The highest BCUT2D eigenvalue weighted by atomic mass is 35.5. The first-order chi connectivity index (χ1) is 8.58. The monoisotopic (exact) mass is 260 g/mol. The zero-order valence-electron chi connectivity index (χ0n) is 9.98. The number of aryl methyl sites for hydroxylation is 1. The molecule has 0 fully saturated rings. The largest absolute Gasteiger partial charge is 0.481 e. The Bertz CT molecular complexity index is 591. The number of halogens is 1. The van der Waals surface area contributed by atoms with Gasteiger partial charge < -0.3 is 5.11 Å². The molecule has 2 aromatic rings. The fourth-order valence-corrected chi connectivity index (χ4v) is 2.24. The second-order valence-electron chi connectivity index (χ2n) is 4.20. The minimum Gasteiger partial charge on any atom is -0.481 e. The first-order valence-corrected chi connectivity index (χ1v) is 6.02. The van der Waals surface area contributed by atoms with Crippen LogP contribution >= 0.6 is 11.6 Å². The van der Waals surface area contributed by atoms with Gasteiger partial charge in [-0.2, -0.15) is 0 Å². The maximum Gasteiger partial charge on any atom is 0.307 e. The molecule has 0 radical (unpaired) electrons. The Morgan fingerprint density at radius 2 is 1.89 bits per heavy atom. The first kappa shape index (κ1) is 12.7. The predicted octanol–water partition coefficient (Wildman–Crippen LogP) is 3.94. The smallest absolute Gasteiger partial charge is 0.307 e. The standard InChI is InChI=1S/C15H13ClO2/c1-10-4-2-3-5-12(10)13-7-6-11(8-14(13)16)9-15(17)18/h2-8H,9H2,1H3,(H,17,18). The lowest BCUT2D eigenvalue weighted by Gasteiger charge is -2.09. The molecular formula is C15H13ClO2. The van der Waals surface area contributed by atoms with Crippen LogP contribution in [0.3, 0.4) is 0 Å². The number of hydrogen-bond donors (Lipinski definition) is 1. The molecular weight excluding hydrogens is 248 g/mol. The highest BCUT2D eigenvalue weighted by Crippen LogP contribution is 2.31. The van der Waals surface area contributed by atoms with E-state index in [0.29, 0.717) is 10.6 Å². The number of carboxylic acid groups (broad SMARTS) is 1. The highest BCUT2D eigenvalue weighted by molar-refractivity contribution is 6.33. The van der Waals surface area contributed by atoms with Gasteiger partial charge in [-0.15, -0.1) is 0 Å². The van der Waals surface area contributed by atoms with Gasteiger partial charge in [-0.1, -0.05) is 48.0 Å². The van der Waals surface area contributed by atoms with E-state index in [0.717, 1.165) is 16.7 Å². The molecule has 2 rings (SSSR count). The molecule has 3 heteroatoms. The average molecular weight is 261 g/mol. The van der Waals surface area contributed by atoms with Crippen molar-refractivity contribution in [2.75, 3.05) is 0 Å².